The smallest absolute Gasteiger partial charge is 0.221 e. The number of carbonyl (C=O) groups is 2. The van der Waals surface area contributed by atoms with Gasteiger partial charge in [-0.15, -0.1) is 0 Å². The molecule has 0 aromatic carbocycles. The Morgan fingerprint density at radius 1 is 1.00 bits per heavy atom. The highest BCUT2D eigenvalue weighted by Gasteiger charge is 2.47. The van der Waals surface area contributed by atoms with Crippen LogP contribution in [0.3, 0.4) is 0 Å². The Labute approximate surface area is 114 Å². The van der Waals surface area contributed by atoms with Crippen molar-refractivity contribution in [3.05, 3.63) is 0 Å². The maximum absolute atomic E-state index is 12.0. The van der Waals surface area contributed by atoms with Crippen molar-refractivity contribution in [2.75, 3.05) is 0 Å². The fraction of sp³-hybridized carbons (Fsp3) is 0.500. The lowest BCUT2D eigenvalue weighted by Gasteiger charge is -2.35. The predicted molar refractivity (Wildman–Crippen MR) is 72.7 cm³/mol. The molecule has 1 fully saturated rings. The van der Waals surface area contributed by atoms with Gasteiger partial charge in [-0.3, -0.25) is 20.4 Å². The number of carbonyl (C=O) groups excluding carboxylic acids is 2. The number of rotatable bonds is 4. The van der Waals surface area contributed by atoms with Crippen molar-refractivity contribution in [2.45, 2.75) is 24.9 Å². The van der Waals surface area contributed by atoms with Crippen LogP contribution in [0.15, 0.2) is 0 Å². The Morgan fingerprint density at radius 2 is 1.39 bits per heavy atom. The van der Waals surface area contributed by atoms with E-state index in [9.17, 15) is 9.59 Å². The lowest BCUT2D eigenvalue weighted by atomic mass is 9.87. The minimum Gasteiger partial charge on any atom is -0.375 e. The van der Waals surface area contributed by atoms with Crippen molar-refractivity contribution in [2.24, 2.45) is 11.5 Å². The van der Waals surface area contributed by atoms with Gasteiger partial charge < -0.3 is 11.5 Å². The van der Waals surface area contributed by atoms with E-state index in [-0.39, 0.29) is 34.6 Å². The summed E-state index contributed by atoms with van der Waals surface area (Å²) in [7, 11) is 0. The molecule has 18 heavy (non-hydrogen) atoms. The summed E-state index contributed by atoms with van der Waals surface area (Å²) >= 11 is 9.22. The molecule has 1 aliphatic rings. The van der Waals surface area contributed by atoms with Gasteiger partial charge in [-0.1, -0.05) is 0 Å². The van der Waals surface area contributed by atoms with E-state index < -0.39 is 5.66 Å². The molecule has 0 heterocycles. The summed E-state index contributed by atoms with van der Waals surface area (Å²) in [4.78, 5) is 23.9. The summed E-state index contributed by atoms with van der Waals surface area (Å²) in [6.45, 7) is 0. The number of hydrogen-bond donors (Lipinski definition) is 6. The summed E-state index contributed by atoms with van der Waals surface area (Å²) in [5, 5.41) is -0.199. The third-order valence-corrected chi connectivity index (χ3v) is 2.59. The van der Waals surface area contributed by atoms with Crippen LogP contribution in [0.2, 0.25) is 0 Å². The molecule has 0 aromatic heterocycles. The second-order valence-electron chi connectivity index (χ2n) is 3.68. The summed E-state index contributed by atoms with van der Waals surface area (Å²) in [5.74, 6) is -0.711. The van der Waals surface area contributed by atoms with Crippen molar-refractivity contribution >= 4 is 46.2 Å². The number of hydrazine groups is 2. The van der Waals surface area contributed by atoms with Crippen molar-refractivity contribution in [1.29, 1.82) is 0 Å². The van der Waals surface area contributed by atoms with E-state index in [0.29, 0.717) is 6.42 Å². The van der Waals surface area contributed by atoms with Crippen LogP contribution in [0.5, 0.6) is 0 Å². The first-order valence-electron chi connectivity index (χ1n) is 5.10. The van der Waals surface area contributed by atoms with Crippen molar-refractivity contribution in [3.63, 3.8) is 0 Å². The number of thiocarbonyl (C=S) groups is 2. The number of Topliss-reactive ketones (excluding diaryl/α,β-unsaturated/α-hetero) is 2. The Morgan fingerprint density at radius 3 is 1.72 bits per heavy atom. The number of hydrogen-bond acceptors (Lipinski definition) is 6. The van der Waals surface area contributed by atoms with Gasteiger partial charge in [0.05, 0.1) is 0 Å². The predicted octanol–water partition coefficient (Wildman–Crippen LogP) is -2.32. The molecule has 100 valence electrons. The molecule has 1 rings (SSSR count). The summed E-state index contributed by atoms with van der Waals surface area (Å²) in [6, 6.07) is 0. The fourth-order valence-electron chi connectivity index (χ4n) is 1.56. The summed E-state index contributed by atoms with van der Waals surface area (Å²) in [5.41, 5.74) is 18.5. The minimum atomic E-state index is -1.68. The van der Waals surface area contributed by atoms with Crippen molar-refractivity contribution < 1.29 is 9.59 Å². The standard InChI is InChI=1S/C8H14N6O2S2/c9-6(17)11-13-8(14-12-7(10)18)4(15)2-1-3-5(8)16/h13-14H,1-3H2,(H3,9,11,17)(H3,10,12,18). The van der Waals surface area contributed by atoms with Gasteiger partial charge in [-0.2, -0.15) is 10.9 Å². The maximum Gasteiger partial charge on any atom is 0.221 e. The molecule has 0 amide bonds. The molecule has 0 spiro atoms. The molecule has 10 heteroatoms. The van der Waals surface area contributed by atoms with E-state index in [4.69, 9.17) is 11.5 Å². The second-order valence-corrected chi connectivity index (χ2v) is 4.56. The fourth-order valence-corrected chi connectivity index (χ4v) is 1.66. The van der Waals surface area contributed by atoms with E-state index in [1.54, 1.807) is 0 Å². The normalized spacial score (nSPS) is 18.2. The number of ketones is 2. The molecule has 0 aliphatic heterocycles. The molecule has 0 radical (unpaired) electrons. The zero-order valence-electron chi connectivity index (χ0n) is 9.41. The Balaban J connectivity index is 2.89. The second kappa shape index (κ2) is 6.00. The first-order valence-corrected chi connectivity index (χ1v) is 5.92. The van der Waals surface area contributed by atoms with Crippen LogP contribution >= 0.6 is 24.4 Å². The van der Waals surface area contributed by atoms with Crippen LogP contribution in [0, 0.1) is 0 Å². The van der Waals surface area contributed by atoms with Crippen LogP contribution in [0.4, 0.5) is 0 Å². The Kier molecular flexibility index (Phi) is 4.90. The lowest BCUT2D eigenvalue weighted by Crippen LogP contribution is -2.75. The highest BCUT2D eigenvalue weighted by Crippen LogP contribution is 2.18. The molecule has 0 aromatic rings. The van der Waals surface area contributed by atoms with Crippen molar-refractivity contribution in [3.8, 4) is 0 Å². The first-order chi connectivity index (χ1) is 8.38. The topological polar surface area (TPSA) is 134 Å². The first kappa shape index (κ1) is 14.7. The van der Waals surface area contributed by atoms with E-state index in [1.165, 1.54) is 0 Å². The molecule has 1 saturated carbocycles. The van der Waals surface area contributed by atoms with E-state index in [1.807, 2.05) is 0 Å². The molecule has 8 nitrogen and oxygen atoms in total. The maximum atomic E-state index is 12.0. The largest absolute Gasteiger partial charge is 0.375 e. The van der Waals surface area contributed by atoms with Gasteiger partial charge in [0, 0.05) is 12.8 Å². The summed E-state index contributed by atoms with van der Waals surface area (Å²) in [6.07, 6.45) is 0.983. The van der Waals surface area contributed by atoms with Gasteiger partial charge in [0.25, 0.3) is 0 Å². The number of nitrogens with one attached hydrogen (secondary N) is 4. The Bertz CT molecular complexity index is 363. The third kappa shape index (κ3) is 3.32. The molecule has 8 N–H and O–H groups in total. The molecular weight excluding hydrogens is 276 g/mol. The van der Waals surface area contributed by atoms with E-state index in [2.05, 4.69) is 46.1 Å². The highest BCUT2D eigenvalue weighted by molar-refractivity contribution is 7.80. The molecule has 0 bridgehead atoms. The van der Waals surface area contributed by atoms with Crippen LogP contribution < -0.4 is 33.2 Å². The van der Waals surface area contributed by atoms with Gasteiger partial charge in [-0.25, -0.2) is 0 Å². The van der Waals surface area contributed by atoms with Gasteiger partial charge in [0.1, 0.15) is 0 Å². The van der Waals surface area contributed by atoms with Crippen LogP contribution in [0.25, 0.3) is 0 Å². The van der Waals surface area contributed by atoms with Gasteiger partial charge in [0.15, 0.2) is 21.8 Å². The molecule has 0 atom stereocenters. The minimum absolute atomic E-state index is 0.0994. The molecule has 0 unspecified atom stereocenters. The van der Waals surface area contributed by atoms with E-state index >= 15 is 0 Å². The Hall–Kier alpha value is -1.36. The van der Waals surface area contributed by atoms with Gasteiger partial charge in [0.2, 0.25) is 5.66 Å². The van der Waals surface area contributed by atoms with E-state index in [0.717, 1.165) is 0 Å². The average molecular weight is 290 g/mol. The zero-order valence-corrected chi connectivity index (χ0v) is 11.0. The van der Waals surface area contributed by atoms with Gasteiger partial charge in [-0.05, 0) is 30.9 Å². The summed E-state index contributed by atoms with van der Waals surface area (Å²) < 4.78 is 0. The monoisotopic (exact) mass is 290 g/mol. The third-order valence-electron chi connectivity index (χ3n) is 2.39. The molecule has 1 aliphatic carbocycles. The van der Waals surface area contributed by atoms with Crippen LogP contribution in [-0.4, -0.2) is 27.5 Å². The zero-order chi connectivity index (χ0) is 13.8. The average Bonchev–Trinajstić information content (AvgIpc) is 2.27. The molecular formula is C8H14N6O2S2. The van der Waals surface area contributed by atoms with Gasteiger partial charge >= 0.3 is 0 Å². The highest BCUT2D eigenvalue weighted by atomic mass is 32.1. The van der Waals surface area contributed by atoms with Crippen LogP contribution in [0.1, 0.15) is 19.3 Å². The molecule has 0 saturated heterocycles. The van der Waals surface area contributed by atoms with Crippen molar-refractivity contribution in [1.82, 2.24) is 21.7 Å². The van der Waals surface area contributed by atoms with Crippen LogP contribution in [-0.2, 0) is 9.59 Å². The lowest BCUT2D eigenvalue weighted by molar-refractivity contribution is -0.142. The number of nitrogens with two attached hydrogens (primary N) is 2. The quantitative estimate of drug-likeness (QED) is 0.145. The SMILES string of the molecule is NC(=S)NNC1(NNC(N)=S)C(=O)CCCC1=O.